The maximum atomic E-state index is 12.3. The van der Waals surface area contributed by atoms with Crippen LogP contribution in [0.15, 0.2) is 44.3 Å². The highest BCUT2D eigenvalue weighted by Crippen LogP contribution is 2.49. The third-order valence-electron chi connectivity index (χ3n) is 5.54. The van der Waals surface area contributed by atoms with Gasteiger partial charge < -0.3 is 19.1 Å². The van der Waals surface area contributed by atoms with Crippen molar-refractivity contribution < 1.29 is 17.8 Å². The minimum atomic E-state index is -2.97. The first-order valence-corrected chi connectivity index (χ1v) is 11.5. The van der Waals surface area contributed by atoms with E-state index in [0.717, 1.165) is 31.4 Å². The average Bonchev–Trinajstić information content (AvgIpc) is 3.21. The summed E-state index contributed by atoms with van der Waals surface area (Å²) in [6, 6.07) is 8.93. The highest BCUT2D eigenvalue weighted by Gasteiger charge is 2.54. The van der Waals surface area contributed by atoms with Crippen molar-refractivity contribution in [3.63, 3.8) is 0 Å². The molecule has 1 atom stereocenters. The number of carbonyl (C=O) groups is 1. The molecule has 152 valence electrons. The number of nitrogens with zero attached hydrogens (tertiary/aromatic N) is 2. The normalized spacial score (nSPS) is 20.3. The van der Waals surface area contributed by atoms with Crippen LogP contribution in [0.2, 0.25) is 5.02 Å². The molecule has 1 saturated heterocycles. The van der Waals surface area contributed by atoms with E-state index in [-0.39, 0.29) is 28.2 Å². The van der Waals surface area contributed by atoms with Gasteiger partial charge in [0.1, 0.15) is 15.2 Å². The Morgan fingerprint density at radius 3 is 2.76 bits per heavy atom. The molecular formula is C19H19ClN4O4S. The van der Waals surface area contributed by atoms with Gasteiger partial charge in [0.05, 0.1) is 0 Å². The van der Waals surface area contributed by atoms with Gasteiger partial charge in [-0.05, 0) is 43.2 Å². The fourth-order valence-electron chi connectivity index (χ4n) is 4.18. The lowest BCUT2D eigenvalue weighted by atomic mass is 9.61. The summed E-state index contributed by atoms with van der Waals surface area (Å²) in [4.78, 5) is 18.9. The summed E-state index contributed by atoms with van der Waals surface area (Å²) in [5.74, 6) is -0.255. The number of halogens is 1. The number of benzene rings is 1. The Hall–Kier alpha value is -2.52. The summed E-state index contributed by atoms with van der Waals surface area (Å²) in [5, 5.41) is 3.59. The minimum absolute atomic E-state index is 0.0157. The van der Waals surface area contributed by atoms with Crippen molar-refractivity contribution in [2.75, 3.05) is 24.2 Å². The van der Waals surface area contributed by atoms with Crippen LogP contribution in [0, 0.1) is 10.2 Å². The number of hydrogen-bond donors (Lipinski definition) is 2. The van der Waals surface area contributed by atoms with E-state index < -0.39 is 9.73 Å². The summed E-state index contributed by atoms with van der Waals surface area (Å²) in [5.41, 5.74) is 1.63. The second-order valence-electron chi connectivity index (χ2n) is 8.01. The van der Waals surface area contributed by atoms with Gasteiger partial charge in [-0.1, -0.05) is 11.6 Å². The van der Waals surface area contributed by atoms with Crippen LogP contribution >= 0.6 is 11.6 Å². The number of rotatable bonds is 4. The molecule has 1 aliphatic heterocycles. The van der Waals surface area contributed by atoms with Gasteiger partial charge in [0.25, 0.3) is 11.9 Å². The van der Waals surface area contributed by atoms with Gasteiger partial charge in [0.15, 0.2) is 16.4 Å². The molecule has 0 unspecified atom stereocenters. The number of aromatic nitrogens is 1. The topological polar surface area (TPSA) is 112 Å². The molecule has 1 spiro atoms. The first-order chi connectivity index (χ1) is 13.7. The van der Waals surface area contributed by atoms with Crippen LogP contribution in [0.4, 0.5) is 6.01 Å². The molecule has 1 saturated carbocycles. The van der Waals surface area contributed by atoms with Crippen molar-refractivity contribution in [1.82, 2.24) is 10.3 Å². The minimum Gasteiger partial charge on any atom is -0.441 e. The molecule has 2 aliphatic rings. The lowest BCUT2D eigenvalue weighted by Gasteiger charge is -2.58. The van der Waals surface area contributed by atoms with E-state index in [1.807, 2.05) is 6.07 Å². The fraction of sp³-hybridized carbons (Fsp3) is 0.368. The summed E-state index contributed by atoms with van der Waals surface area (Å²) < 4.78 is 30.3. The van der Waals surface area contributed by atoms with Crippen LogP contribution < -0.4 is 10.2 Å². The average molecular weight is 435 g/mol. The molecule has 29 heavy (non-hydrogen) atoms. The second-order valence-corrected chi connectivity index (χ2v) is 10.5. The first kappa shape index (κ1) is 18.5. The van der Waals surface area contributed by atoms with Crippen molar-refractivity contribution in [3.8, 4) is 0 Å². The highest BCUT2D eigenvalue weighted by molar-refractivity contribution is 7.91. The third-order valence-corrected chi connectivity index (χ3v) is 6.77. The number of furan rings is 1. The number of oxazole rings is 1. The van der Waals surface area contributed by atoms with Gasteiger partial charge in [-0.2, -0.15) is 4.98 Å². The van der Waals surface area contributed by atoms with Crippen LogP contribution in [0.1, 0.15) is 23.4 Å². The molecule has 5 rings (SSSR count). The molecule has 2 fully saturated rings. The molecule has 3 heterocycles. The third kappa shape index (κ3) is 3.28. The molecule has 8 nitrogen and oxygen atoms in total. The number of amides is 1. The monoisotopic (exact) mass is 434 g/mol. The van der Waals surface area contributed by atoms with E-state index in [4.69, 9.17) is 25.2 Å². The van der Waals surface area contributed by atoms with Gasteiger partial charge in [-0.15, -0.1) is 0 Å². The maximum absolute atomic E-state index is 12.3. The Labute approximate surface area is 172 Å². The molecule has 1 amide bonds. The SMILES string of the molecule is C[S@](=N)(=O)c1ccc(C(=O)NC2CC3(C2)CN(c2nc4cc(Cl)ccc4o2)C3)o1. The van der Waals surface area contributed by atoms with Crippen LogP contribution in [-0.2, 0) is 9.73 Å². The zero-order valence-corrected chi connectivity index (χ0v) is 17.2. The number of anilines is 1. The van der Waals surface area contributed by atoms with Crippen molar-refractivity contribution >= 4 is 44.4 Å². The van der Waals surface area contributed by atoms with Gasteiger partial charge in [0, 0.05) is 35.8 Å². The molecule has 10 heteroatoms. The predicted molar refractivity (Wildman–Crippen MR) is 108 cm³/mol. The Kier molecular flexibility index (Phi) is 3.98. The number of carbonyl (C=O) groups excluding carboxylic acids is 1. The van der Waals surface area contributed by atoms with Crippen molar-refractivity contribution in [2.45, 2.75) is 24.0 Å². The number of nitrogens with one attached hydrogen (secondary N) is 2. The van der Waals surface area contributed by atoms with Crippen LogP contribution in [-0.4, -0.2) is 40.5 Å². The molecule has 3 aromatic rings. The van der Waals surface area contributed by atoms with E-state index in [1.165, 1.54) is 18.4 Å². The van der Waals surface area contributed by atoms with E-state index in [2.05, 4.69) is 15.2 Å². The molecule has 0 bridgehead atoms. The number of hydrogen-bond acceptors (Lipinski definition) is 7. The van der Waals surface area contributed by atoms with Gasteiger partial charge in [0.2, 0.25) is 0 Å². The lowest BCUT2D eigenvalue weighted by Crippen LogP contribution is -2.66. The second kappa shape index (κ2) is 6.24. The molecule has 0 radical (unpaired) electrons. The molecule has 2 aromatic heterocycles. The van der Waals surface area contributed by atoms with E-state index in [9.17, 15) is 9.00 Å². The van der Waals surface area contributed by atoms with Crippen molar-refractivity contribution in [2.24, 2.45) is 5.41 Å². The van der Waals surface area contributed by atoms with Gasteiger partial charge in [-0.3, -0.25) is 4.79 Å². The van der Waals surface area contributed by atoms with Crippen LogP contribution in [0.5, 0.6) is 0 Å². The van der Waals surface area contributed by atoms with E-state index >= 15 is 0 Å². The molecule has 1 aromatic carbocycles. The Morgan fingerprint density at radius 1 is 1.31 bits per heavy atom. The van der Waals surface area contributed by atoms with Gasteiger partial charge in [-0.25, -0.2) is 8.99 Å². The van der Waals surface area contributed by atoms with E-state index in [1.54, 1.807) is 12.1 Å². The maximum Gasteiger partial charge on any atom is 0.298 e. The smallest absolute Gasteiger partial charge is 0.298 e. The lowest BCUT2D eigenvalue weighted by molar-refractivity contribution is 0.0403. The predicted octanol–water partition coefficient (Wildman–Crippen LogP) is 3.51. The van der Waals surface area contributed by atoms with Gasteiger partial charge >= 0.3 is 0 Å². The summed E-state index contributed by atoms with van der Waals surface area (Å²) in [6.45, 7) is 1.67. The Balaban J connectivity index is 1.16. The first-order valence-electron chi connectivity index (χ1n) is 9.16. The molecular weight excluding hydrogens is 416 g/mol. The highest BCUT2D eigenvalue weighted by atomic mass is 35.5. The molecule has 1 aliphatic carbocycles. The standard InChI is InChI=1S/C19H19ClN4O4S/c1-29(21,26)16-5-4-15(27-16)17(25)22-12-7-19(8-12)9-24(10-19)18-23-13-6-11(20)2-3-14(13)28-18/h2-6,12,21H,7-10H2,1H3,(H,22,25)/t29-/m0/s1. The van der Waals surface area contributed by atoms with Crippen molar-refractivity contribution in [3.05, 3.63) is 41.1 Å². The Bertz CT molecular complexity index is 1220. The largest absolute Gasteiger partial charge is 0.441 e. The fourth-order valence-corrected chi connectivity index (χ4v) is 4.92. The Morgan fingerprint density at radius 2 is 2.07 bits per heavy atom. The van der Waals surface area contributed by atoms with E-state index in [0.29, 0.717) is 16.6 Å². The summed E-state index contributed by atoms with van der Waals surface area (Å²) >= 11 is 6.00. The summed E-state index contributed by atoms with van der Waals surface area (Å²) in [7, 11) is -2.97. The summed E-state index contributed by atoms with van der Waals surface area (Å²) in [6.07, 6.45) is 3.01. The quantitative estimate of drug-likeness (QED) is 0.649. The molecule has 2 N–H and O–H groups in total. The van der Waals surface area contributed by atoms with Crippen molar-refractivity contribution in [1.29, 1.82) is 4.78 Å². The number of fused-ring (bicyclic) bond motifs is 1. The van der Waals surface area contributed by atoms with Crippen LogP contribution in [0.25, 0.3) is 11.1 Å². The zero-order chi connectivity index (χ0) is 20.4. The van der Waals surface area contributed by atoms with Crippen LogP contribution in [0.3, 0.4) is 0 Å². The zero-order valence-electron chi connectivity index (χ0n) is 15.6.